The molecule has 1 N–H and O–H groups in total. The lowest BCUT2D eigenvalue weighted by molar-refractivity contribution is -0.114. The molecule has 0 radical (unpaired) electrons. The number of anilines is 1. The minimum absolute atomic E-state index is 0.341. The topological polar surface area (TPSA) is 55.4 Å². The Balaban J connectivity index is 2.83. The molecule has 104 valence electrons. The van der Waals surface area contributed by atoms with Gasteiger partial charge in [0.1, 0.15) is 5.60 Å². The Hall–Kier alpha value is -1.26. The molecule has 0 aromatic heterocycles. The van der Waals surface area contributed by atoms with E-state index < -0.39 is 22.3 Å². The molecule has 0 spiro atoms. The predicted molar refractivity (Wildman–Crippen MR) is 75.7 cm³/mol. The van der Waals surface area contributed by atoms with E-state index in [4.69, 9.17) is 27.9 Å². The van der Waals surface area contributed by atoms with Crippen molar-refractivity contribution in [2.24, 2.45) is 0 Å². The predicted octanol–water partition coefficient (Wildman–Crippen LogP) is 3.38. The number of amides is 1. The van der Waals surface area contributed by atoms with E-state index in [1.807, 2.05) is 0 Å². The fourth-order valence-electron chi connectivity index (χ4n) is 1.26. The highest BCUT2D eigenvalue weighted by Gasteiger charge is 2.18. The summed E-state index contributed by atoms with van der Waals surface area (Å²) in [5, 5.41) is 2.49. The molecule has 1 aromatic rings. The number of hydrogen-bond donors (Lipinski definition) is 1. The third kappa shape index (κ3) is 5.49. The van der Waals surface area contributed by atoms with Gasteiger partial charge in [-0.3, -0.25) is 4.79 Å². The molecule has 0 bridgehead atoms. The van der Waals surface area contributed by atoms with Crippen molar-refractivity contribution in [1.29, 1.82) is 0 Å². The van der Waals surface area contributed by atoms with E-state index in [2.05, 4.69) is 5.32 Å². The van der Waals surface area contributed by atoms with Crippen molar-refractivity contribution in [3.63, 3.8) is 0 Å². The standard InChI is InChI=1S/C13H15Cl2NO3/c1-13(2,3)19-12(18)8-5-4-6-9(7-8)16-11(17)10(14)15/h4-7,10H,1-3H3,(H,16,17). The first-order chi connectivity index (χ1) is 8.69. The van der Waals surface area contributed by atoms with Crippen LogP contribution in [0.4, 0.5) is 5.69 Å². The zero-order valence-electron chi connectivity index (χ0n) is 10.9. The monoisotopic (exact) mass is 303 g/mol. The third-order valence-corrected chi connectivity index (χ3v) is 2.36. The number of hydrogen-bond acceptors (Lipinski definition) is 3. The van der Waals surface area contributed by atoms with E-state index in [1.54, 1.807) is 39.0 Å². The molecule has 0 aliphatic rings. The van der Waals surface area contributed by atoms with Crippen molar-refractivity contribution in [2.45, 2.75) is 31.2 Å². The van der Waals surface area contributed by atoms with Crippen LogP contribution in [-0.2, 0) is 9.53 Å². The largest absolute Gasteiger partial charge is 0.456 e. The maximum Gasteiger partial charge on any atom is 0.338 e. The normalized spacial score (nSPS) is 11.3. The van der Waals surface area contributed by atoms with Crippen LogP contribution in [0.25, 0.3) is 0 Å². The number of carbonyl (C=O) groups is 2. The van der Waals surface area contributed by atoms with E-state index in [1.165, 1.54) is 6.07 Å². The molecule has 0 aliphatic carbocycles. The molecule has 0 atom stereocenters. The van der Waals surface area contributed by atoms with E-state index in [-0.39, 0.29) is 0 Å². The van der Waals surface area contributed by atoms with E-state index >= 15 is 0 Å². The average Bonchev–Trinajstić information content (AvgIpc) is 2.27. The Morgan fingerprint density at radius 1 is 1.26 bits per heavy atom. The Morgan fingerprint density at radius 2 is 1.89 bits per heavy atom. The zero-order valence-corrected chi connectivity index (χ0v) is 12.4. The summed E-state index contributed by atoms with van der Waals surface area (Å²) >= 11 is 10.9. The van der Waals surface area contributed by atoms with Crippen LogP contribution in [0, 0.1) is 0 Å². The number of benzene rings is 1. The fourth-order valence-corrected chi connectivity index (χ4v) is 1.37. The van der Waals surface area contributed by atoms with Crippen LogP contribution in [0.2, 0.25) is 0 Å². The molecule has 0 unspecified atom stereocenters. The second-order valence-corrected chi connectivity index (χ2v) is 5.97. The number of ether oxygens (including phenoxy) is 1. The summed E-state index contributed by atoms with van der Waals surface area (Å²) in [6, 6.07) is 6.36. The fraction of sp³-hybridized carbons (Fsp3) is 0.385. The summed E-state index contributed by atoms with van der Waals surface area (Å²) in [5.74, 6) is -1.01. The van der Waals surface area contributed by atoms with Gasteiger partial charge >= 0.3 is 5.97 Å². The summed E-state index contributed by atoms with van der Waals surface area (Å²) in [7, 11) is 0. The summed E-state index contributed by atoms with van der Waals surface area (Å²) in [6.07, 6.45) is 0. The van der Waals surface area contributed by atoms with E-state index in [0.29, 0.717) is 11.3 Å². The van der Waals surface area contributed by atoms with Gasteiger partial charge in [0, 0.05) is 5.69 Å². The van der Waals surface area contributed by atoms with Crippen molar-refractivity contribution in [3.8, 4) is 0 Å². The molecule has 1 rings (SSSR count). The van der Waals surface area contributed by atoms with Gasteiger partial charge in [-0.1, -0.05) is 29.3 Å². The molecular weight excluding hydrogens is 289 g/mol. The van der Waals surface area contributed by atoms with Crippen molar-refractivity contribution in [3.05, 3.63) is 29.8 Å². The smallest absolute Gasteiger partial charge is 0.338 e. The summed E-state index contributed by atoms with van der Waals surface area (Å²) < 4.78 is 5.23. The van der Waals surface area contributed by atoms with Gasteiger partial charge in [0.25, 0.3) is 5.91 Å². The number of nitrogens with one attached hydrogen (secondary N) is 1. The molecule has 19 heavy (non-hydrogen) atoms. The first-order valence-electron chi connectivity index (χ1n) is 5.61. The third-order valence-electron chi connectivity index (χ3n) is 1.96. The number of alkyl halides is 2. The Kier molecular flexibility index (Phi) is 5.20. The van der Waals surface area contributed by atoms with Crippen molar-refractivity contribution >= 4 is 40.8 Å². The Morgan fingerprint density at radius 3 is 2.42 bits per heavy atom. The first-order valence-corrected chi connectivity index (χ1v) is 6.49. The molecule has 4 nitrogen and oxygen atoms in total. The quantitative estimate of drug-likeness (QED) is 0.688. The highest BCUT2D eigenvalue weighted by atomic mass is 35.5. The number of halogens is 2. The van der Waals surface area contributed by atoms with Crippen LogP contribution in [0.5, 0.6) is 0 Å². The molecule has 1 amide bonds. The van der Waals surface area contributed by atoms with Gasteiger partial charge in [0.2, 0.25) is 0 Å². The van der Waals surface area contributed by atoms with Gasteiger partial charge in [-0.2, -0.15) is 0 Å². The second kappa shape index (κ2) is 6.26. The molecule has 0 saturated carbocycles. The number of carbonyl (C=O) groups excluding carboxylic acids is 2. The molecule has 1 aromatic carbocycles. The lowest BCUT2D eigenvalue weighted by Gasteiger charge is -2.19. The number of esters is 1. The van der Waals surface area contributed by atoms with Gasteiger partial charge in [0.05, 0.1) is 5.56 Å². The van der Waals surface area contributed by atoms with Crippen LogP contribution in [0.1, 0.15) is 31.1 Å². The second-order valence-electron chi connectivity index (χ2n) is 4.87. The molecule has 0 aliphatic heterocycles. The van der Waals surface area contributed by atoms with Crippen molar-refractivity contribution < 1.29 is 14.3 Å². The Labute approximate surface area is 122 Å². The highest BCUT2D eigenvalue weighted by molar-refractivity contribution is 6.54. The summed E-state index contributed by atoms with van der Waals surface area (Å²) in [6.45, 7) is 5.34. The summed E-state index contributed by atoms with van der Waals surface area (Å²) in [4.78, 5) is 22.0. The average molecular weight is 304 g/mol. The van der Waals surface area contributed by atoms with Gasteiger partial charge in [-0.25, -0.2) is 4.79 Å². The van der Waals surface area contributed by atoms with Crippen molar-refractivity contribution in [2.75, 3.05) is 5.32 Å². The zero-order chi connectivity index (χ0) is 14.6. The maximum atomic E-state index is 11.8. The molecule has 6 heteroatoms. The minimum atomic E-state index is -1.16. The Bertz CT molecular complexity index is 481. The van der Waals surface area contributed by atoms with E-state index in [9.17, 15) is 9.59 Å². The van der Waals surface area contributed by atoms with Gasteiger partial charge in [0.15, 0.2) is 4.84 Å². The van der Waals surface area contributed by atoms with Gasteiger partial charge in [-0.05, 0) is 39.0 Å². The van der Waals surface area contributed by atoms with Crippen LogP contribution < -0.4 is 5.32 Å². The van der Waals surface area contributed by atoms with Gasteiger partial charge < -0.3 is 10.1 Å². The lowest BCUT2D eigenvalue weighted by atomic mass is 10.1. The highest BCUT2D eigenvalue weighted by Crippen LogP contribution is 2.16. The molecular formula is C13H15Cl2NO3. The van der Waals surface area contributed by atoms with Crippen molar-refractivity contribution in [1.82, 2.24) is 0 Å². The molecule has 0 saturated heterocycles. The lowest BCUT2D eigenvalue weighted by Crippen LogP contribution is -2.24. The minimum Gasteiger partial charge on any atom is -0.456 e. The van der Waals surface area contributed by atoms with E-state index in [0.717, 1.165) is 0 Å². The van der Waals surface area contributed by atoms with Crippen LogP contribution in [0.3, 0.4) is 0 Å². The summed E-state index contributed by atoms with van der Waals surface area (Å²) in [5.41, 5.74) is 0.196. The number of rotatable bonds is 3. The first kappa shape index (κ1) is 15.8. The van der Waals surface area contributed by atoms with Crippen LogP contribution in [-0.4, -0.2) is 22.3 Å². The van der Waals surface area contributed by atoms with Crippen LogP contribution >= 0.6 is 23.2 Å². The van der Waals surface area contributed by atoms with Gasteiger partial charge in [-0.15, -0.1) is 0 Å². The SMILES string of the molecule is CC(C)(C)OC(=O)c1cccc(NC(=O)C(Cl)Cl)c1. The molecule has 0 fully saturated rings. The van der Waals surface area contributed by atoms with Crippen LogP contribution in [0.15, 0.2) is 24.3 Å². The maximum absolute atomic E-state index is 11.8. The molecule has 0 heterocycles.